The van der Waals surface area contributed by atoms with E-state index in [-0.39, 0.29) is 18.1 Å². The largest absolute Gasteiger partial charge is 0.345 e. The highest BCUT2D eigenvalue weighted by Crippen LogP contribution is 2.27. The average molecular weight is 568 g/mol. The van der Waals surface area contributed by atoms with Gasteiger partial charge in [-0.1, -0.05) is 30.3 Å². The van der Waals surface area contributed by atoms with Crippen molar-refractivity contribution >= 4 is 39.7 Å². The predicted octanol–water partition coefficient (Wildman–Crippen LogP) is 5.29. The number of fused-ring (bicyclic) bond motifs is 2. The number of H-pyrrole nitrogens is 1. The third kappa shape index (κ3) is 6.72. The Labute approximate surface area is 241 Å². The van der Waals surface area contributed by atoms with Crippen LogP contribution in [0.3, 0.4) is 0 Å². The van der Waals surface area contributed by atoms with Crippen LogP contribution < -0.4 is 5.32 Å². The van der Waals surface area contributed by atoms with Crippen molar-refractivity contribution in [3.63, 3.8) is 0 Å². The van der Waals surface area contributed by atoms with E-state index in [2.05, 4.69) is 43.4 Å². The number of nitrogens with one attached hydrogen (secondary N) is 2. The van der Waals surface area contributed by atoms with Gasteiger partial charge >= 0.3 is 0 Å². The second-order valence-electron chi connectivity index (χ2n) is 10.0. The Bertz CT molecular complexity index is 1660. The number of aromatic amines is 1. The van der Waals surface area contributed by atoms with Crippen LogP contribution in [0.5, 0.6) is 0 Å². The standard InChI is InChI=1S/C31H30FN7OS/c32-23-7-5-14-33-27(23)19-34-31(40)28-20-41-30(38-28)13-17-39(15-11-22-18-21-6-1-2-8-24(21)35-22)16-12-29-36-25-9-3-4-10-26(25)37-29/h1-10,14,20H,11-13,15-19H2,(H,34,40)(H,36,37). The maximum Gasteiger partial charge on any atom is 0.271 e. The van der Waals surface area contributed by atoms with E-state index in [4.69, 9.17) is 9.98 Å². The predicted molar refractivity (Wildman–Crippen MR) is 159 cm³/mol. The van der Waals surface area contributed by atoms with Crippen LogP contribution in [0.25, 0.3) is 11.0 Å². The summed E-state index contributed by atoms with van der Waals surface area (Å²) in [5.74, 6) is 0.194. The summed E-state index contributed by atoms with van der Waals surface area (Å²) in [5.41, 5.74) is 6.14. The summed E-state index contributed by atoms with van der Waals surface area (Å²) in [7, 11) is 0. The van der Waals surface area contributed by atoms with E-state index in [1.54, 1.807) is 5.38 Å². The summed E-state index contributed by atoms with van der Waals surface area (Å²) in [6, 6.07) is 19.2. The quantitative estimate of drug-likeness (QED) is 0.214. The van der Waals surface area contributed by atoms with Gasteiger partial charge in [0.05, 0.1) is 34.0 Å². The molecule has 8 nitrogen and oxygen atoms in total. The van der Waals surface area contributed by atoms with Crippen molar-refractivity contribution < 1.29 is 9.18 Å². The molecule has 0 unspecified atom stereocenters. The number of hydrogen-bond acceptors (Lipinski definition) is 7. The zero-order valence-electron chi connectivity index (χ0n) is 22.5. The van der Waals surface area contributed by atoms with Crippen molar-refractivity contribution in [1.82, 2.24) is 30.2 Å². The van der Waals surface area contributed by atoms with Gasteiger partial charge in [-0.2, -0.15) is 0 Å². The number of benzene rings is 2. The molecule has 1 aliphatic heterocycles. The average Bonchev–Trinajstić information content (AvgIpc) is 3.74. The van der Waals surface area contributed by atoms with E-state index in [9.17, 15) is 9.18 Å². The van der Waals surface area contributed by atoms with Gasteiger partial charge in [-0.3, -0.25) is 14.8 Å². The second kappa shape index (κ2) is 12.5. The van der Waals surface area contributed by atoms with Crippen LogP contribution in [-0.4, -0.2) is 56.1 Å². The van der Waals surface area contributed by atoms with Crippen molar-refractivity contribution in [2.45, 2.75) is 32.2 Å². The molecule has 5 aromatic rings. The first kappa shape index (κ1) is 26.9. The van der Waals surface area contributed by atoms with Crippen molar-refractivity contribution in [3.05, 3.63) is 106 Å². The zero-order valence-corrected chi connectivity index (χ0v) is 23.3. The number of imidazole rings is 1. The number of aromatic nitrogens is 4. The van der Waals surface area contributed by atoms with Crippen LogP contribution in [0.2, 0.25) is 0 Å². The minimum absolute atomic E-state index is 0.0156. The molecule has 3 aromatic heterocycles. The number of halogens is 1. The number of carbonyl (C=O) groups excluding carboxylic acids is 1. The highest BCUT2D eigenvalue weighted by Gasteiger charge is 2.17. The van der Waals surface area contributed by atoms with Gasteiger partial charge < -0.3 is 15.2 Å². The number of hydrogen-bond donors (Lipinski definition) is 2. The number of aliphatic imine (C=N–C) groups is 1. The third-order valence-electron chi connectivity index (χ3n) is 7.16. The molecule has 2 N–H and O–H groups in total. The fourth-order valence-electron chi connectivity index (χ4n) is 4.94. The first-order valence-corrected chi connectivity index (χ1v) is 14.6. The maximum atomic E-state index is 13.8. The Morgan fingerprint density at radius 1 is 0.976 bits per heavy atom. The second-order valence-corrected chi connectivity index (χ2v) is 11.0. The molecule has 6 rings (SSSR count). The number of nitrogens with zero attached hydrogens (tertiary/aromatic N) is 5. The first-order valence-electron chi connectivity index (χ1n) is 13.7. The number of amides is 1. The van der Waals surface area contributed by atoms with Gasteiger partial charge in [0.2, 0.25) is 0 Å². The lowest BCUT2D eigenvalue weighted by atomic mass is 10.1. The van der Waals surface area contributed by atoms with E-state index in [0.29, 0.717) is 5.69 Å². The minimum atomic E-state index is -0.443. The topological polar surface area (TPSA) is 99.2 Å². The number of carbonyl (C=O) groups is 1. The van der Waals surface area contributed by atoms with Gasteiger partial charge in [0, 0.05) is 56.2 Å². The Morgan fingerprint density at radius 2 is 1.80 bits per heavy atom. The summed E-state index contributed by atoms with van der Waals surface area (Å²) in [6.07, 6.45) is 4.83. The van der Waals surface area contributed by atoms with E-state index < -0.39 is 5.82 Å². The Balaban J connectivity index is 1.07. The molecular weight excluding hydrogens is 537 g/mol. The smallest absolute Gasteiger partial charge is 0.271 e. The molecule has 0 saturated heterocycles. The molecule has 0 saturated carbocycles. The van der Waals surface area contributed by atoms with Crippen molar-refractivity contribution in [2.24, 2.45) is 4.99 Å². The molecule has 10 heteroatoms. The molecule has 0 fully saturated rings. The van der Waals surface area contributed by atoms with E-state index >= 15 is 0 Å². The van der Waals surface area contributed by atoms with Gasteiger partial charge in [0.1, 0.15) is 17.3 Å². The molecule has 2 aromatic carbocycles. The van der Waals surface area contributed by atoms with Crippen LogP contribution in [0.1, 0.15) is 39.0 Å². The molecule has 0 atom stereocenters. The van der Waals surface area contributed by atoms with Crippen LogP contribution in [0.15, 0.2) is 77.2 Å². The normalized spacial score (nSPS) is 12.6. The minimum Gasteiger partial charge on any atom is -0.345 e. The fourth-order valence-corrected chi connectivity index (χ4v) is 5.71. The van der Waals surface area contributed by atoms with Crippen molar-refractivity contribution in [3.8, 4) is 0 Å². The summed E-state index contributed by atoms with van der Waals surface area (Å²) >= 11 is 1.47. The molecule has 0 aliphatic carbocycles. The zero-order chi connectivity index (χ0) is 28.0. The summed E-state index contributed by atoms with van der Waals surface area (Å²) in [6.45, 7) is 2.53. The summed E-state index contributed by atoms with van der Waals surface area (Å²) in [5, 5.41) is 5.35. The fraction of sp³-hybridized carbons (Fsp3) is 0.258. The Morgan fingerprint density at radius 3 is 2.68 bits per heavy atom. The number of rotatable bonds is 12. The molecule has 0 spiro atoms. The van der Waals surface area contributed by atoms with Gasteiger partial charge in [0.25, 0.3) is 5.91 Å². The summed E-state index contributed by atoms with van der Waals surface area (Å²) in [4.78, 5) is 36.6. The van der Waals surface area contributed by atoms with Gasteiger partial charge in [-0.05, 0) is 42.3 Å². The SMILES string of the molecule is O=C(NCc1ncccc1F)c1csc(CCN(CCC2=Nc3ccccc3C2)CCc2nc3ccccc3[nH]2)n1. The van der Waals surface area contributed by atoms with Crippen LogP contribution in [-0.2, 0) is 25.8 Å². The lowest BCUT2D eigenvalue weighted by molar-refractivity contribution is 0.0945. The van der Waals surface area contributed by atoms with Gasteiger partial charge in [-0.15, -0.1) is 11.3 Å². The van der Waals surface area contributed by atoms with E-state index in [1.165, 1.54) is 40.9 Å². The molecule has 0 radical (unpaired) electrons. The van der Waals surface area contributed by atoms with E-state index in [1.807, 2.05) is 30.3 Å². The molecule has 0 bridgehead atoms. The molecule has 1 aliphatic rings. The van der Waals surface area contributed by atoms with Crippen molar-refractivity contribution in [1.29, 1.82) is 0 Å². The van der Waals surface area contributed by atoms with Gasteiger partial charge in [-0.25, -0.2) is 14.4 Å². The monoisotopic (exact) mass is 567 g/mol. The third-order valence-corrected chi connectivity index (χ3v) is 8.07. The van der Waals surface area contributed by atoms with Gasteiger partial charge in [0.15, 0.2) is 0 Å². The Kier molecular flexibility index (Phi) is 8.20. The number of pyridine rings is 1. The molecule has 41 heavy (non-hydrogen) atoms. The summed E-state index contributed by atoms with van der Waals surface area (Å²) < 4.78 is 13.8. The van der Waals surface area contributed by atoms with Crippen LogP contribution in [0.4, 0.5) is 10.1 Å². The van der Waals surface area contributed by atoms with Crippen LogP contribution in [0, 0.1) is 5.82 Å². The molecule has 4 heterocycles. The lowest BCUT2D eigenvalue weighted by Gasteiger charge is -2.21. The number of thiazole rings is 1. The molecular formula is C31H30FN7OS. The lowest BCUT2D eigenvalue weighted by Crippen LogP contribution is -2.31. The highest BCUT2D eigenvalue weighted by molar-refractivity contribution is 7.09. The Hall–Kier alpha value is -4.28. The van der Waals surface area contributed by atoms with Crippen LogP contribution >= 0.6 is 11.3 Å². The first-order chi connectivity index (χ1) is 20.1. The maximum absolute atomic E-state index is 13.8. The van der Waals surface area contributed by atoms with Crippen molar-refractivity contribution in [2.75, 3.05) is 19.6 Å². The molecule has 208 valence electrons. The number of para-hydroxylation sites is 3. The van der Waals surface area contributed by atoms with E-state index in [0.717, 1.165) is 72.9 Å². The molecule has 1 amide bonds. The highest BCUT2D eigenvalue weighted by atomic mass is 32.1.